The molecule has 0 spiro atoms. The van der Waals surface area contributed by atoms with Crippen LogP contribution in [0.15, 0.2) is 42.5 Å². The lowest BCUT2D eigenvalue weighted by Crippen LogP contribution is -2.28. The summed E-state index contributed by atoms with van der Waals surface area (Å²) in [5, 5.41) is 0. The number of hydrogen-bond acceptors (Lipinski definition) is 2. The molecule has 0 aromatic heterocycles. The van der Waals surface area contributed by atoms with Gasteiger partial charge in [-0.15, -0.1) is 0 Å². The second kappa shape index (κ2) is 9.34. The Hall–Kier alpha value is -1.80. The fraction of sp³-hybridized carbons (Fsp3) is 0.556. The van der Waals surface area contributed by atoms with Crippen LogP contribution in [0.3, 0.4) is 0 Å². The predicted octanol–water partition coefficient (Wildman–Crippen LogP) is 7.08. The van der Waals surface area contributed by atoms with E-state index in [1.165, 1.54) is 47.9 Å². The van der Waals surface area contributed by atoms with Gasteiger partial charge in [-0.1, -0.05) is 42.0 Å². The van der Waals surface area contributed by atoms with Gasteiger partial charge in [0.1, 0.15) is 5.75 Å². The van der Waals surface area contributed by atoms with Crippen molar-refractivity contribution in [1.29, 1.82) is 0 Å². The van der Waals surface area contributed by atoms with Gasteiger partial charge < -0.3 is 9.47 Å². The molecular formula is C27H36O2. The molecule has 0 radical (unpaired) electrons. The van der Waals surface area contributed by atoms with E-state index >= 15 is 0 Å². The van der Waals surface area contributed by atoms with E-state index in [2.05, 4.69) is 56.3 Å². The van der Waals surface area contributed by atoms with Crippen LogP contribution in [-0.4, -0.2) is 19.3 Å². The van der Waals surface area contributed by atoms with E-state index in [9.17, 15) is 0 Å². The molecule has 0 atom stereocenters. The third-order valence-corrected chi connectivity index (χ3v) is 7.10. The molecule has 2 aliphatic rings. The van der Waals surface area contributed by atoms with Crippen molar-refractivity contribution in [1.82, 2.24) is 0 Å². The van der Waals surface area contributed by atoms with Crippen molar-refractivity contribution in [2.75, 3.05) is 7.11 Å². The molecule has 2 aromatic carbocycles. The first-order valence-electron chi connectivity index (χ1n) is 11.5. The van der Waals surface area contributed by atoms with Gasteiger partial charge in [0.2, 0.25) is 0 Å². The SMILES string of the molecule is COC1CCC(Oc2cc(C)ccc2C2CCC(c3cccc(C)c3)CC2)CC1. The highest BCUT2D eigenvalue weighted by Gasteiger charge is 2.27. The monoisotopic (exact) mass is 392 g/mol. The van der Waals surface area contributed by atoms with Crippen molar-refractivity contribution in [3.05, 3.63) is 64.7 Å². The van der Waals surface area contributed by atoms with Gasteiger partial charge in [0.25, 0.3) is 0 Å². The summed E-state index contributed by atoms with van der Waals surface area (Å²) in [7, 11) is 1.83. The maximum absolute atomic E-state index is 6.58. The maximum atomic E-state index is 6.58. The molecule has 2 fully saturated rings. The molecule has 0 aliphatic heterocycles. The van der Waals surface area contributed by atoms with Crippen molar-refractivity contribution in [2.45, 2.75) is 89.3 Å². The van der Waals surface area contributed by atoms with Crippen molar-refractivity contribution < 1.29 is 9.47 Å². The van der Waals surface area contributed by atoms with Crippen molar-refractivity contribution >= 4 is 0 Å². The lowest BCUT2D eigenvalue weighted by atomic mass is 9.75. The zero-order valence-corrected chi connectivity index (χ0v) is 18.3. The summed E-state index contributed by atoms with van der Waals surface area (Å²) in [5.41, 5.74) is 5.63. The summed E-state index contributed by atoms with van der Waals surface area (Å²) in [6, 6.07) is 16.0. The topological polar surface area (TPSA) is 18.5 Å². The van der Waals surface area contributed by atoms with Crippen LogP contribution in [0.4, 0.5) is 0 Å². The van der Waals surface area contributed by atoms with E-state index in [4.69, 9.17) is 9.47 Å². The second-order valence-electron chi connectivity index (χ2n) is 9.26. The zero-order chi connectivity index (χ0) is 20.2. The Labute approximate surface area is 176 Å². The molecular weight excluding hydrogens is 356 g/mol. The van der Waals surface area contributed by atoms with Crippen LogP contribution in [0.1, 0.15) is 85.5 Å². The summed E-state index contributed by atoms with van der Waals surface area (Å²) in [6.45, 7) is 4.37. The summed E-state index contributed by atoms with van der Waals surface area (Å²) < 4.78 is 12.1. The van der Waals surface area contributed by atoms with Crippen LogP contribution in [0.2, 0.25) is 0 Å². The molecule has 0 bridgehead atoms. The fourth-order valence-electron chi connectivity index (χ4n) is 5.31. The Morgan fingerprint density at radius 1 is 0.690 bits per heavy atom. The average molecular weight is 393 g/mol. The molecule has 4 rings (SSSR count). The van der Waals surface area contributed by atoms with Crippen LogP contribution in [0.5, 0.6) is 5.75 Å². The van der Waals surface area contributed by atoms with Gasteiger partial charge in [0.15, 0.2) is 0 Å². The highest BCUT2D eigenvalue weighted by atomic mass is 16.5. The first kappa shape index (κ1) is 20.5. The third kappa shape index (κ3) is 5.04. The Morgan fingerprint density at radius 2 is 1.34 bits per heavy atom. The standard InChI is InChI=1S/C27H36O2/c1-19-5-4-6-23(17-19)21-8-10-22(11-9-21)26-16-7-20(2)18-27(26)29-25-14-12-24(28-3)13-15-25/h4-7,16-18,21-22,24-25H,8-15H2,1-3H3. The van der Waals surface area contributed by atoms with Gasteiger partial charge in [0.05, 0.1) is 12.2 Å². The van der Waals surface area contributed by atoms with Crippen molar-refractivity contribution in [3.8, 4) is 5.75 Å². The Kier molecular flexibility index (Phi) is 6.60. The highest BCUT2D eigenvalue weighted by molar-refractivity contribution is 5.40. The first-order chi connectivity index (χ1) is 14.1. The fourth-order valence-corrected chi connectivity index (χ4v) is 5.31. The molecule has 2 aromatic rings. The quantitative estimate of drug-likeness (QED) is 0.541. The summed E-state index contributed by atoms with van der Waals surface area (Å²) in [5.74, 6) is 2.48. The minimum Gasteiger partial charge on any atom is -0.490 e. The maximum Gasteiger partial charge on any atom is 0.123 e. The van der Waals surface area contributed by atoms with Crippen molar-refractivity contribution in [2.24, 2.45) is 0 Å². The number of rotatable bonds is 5. The summed E-state index contributed by atoms with van der Waals surface area (Å²) in [6.07, 6.45) is 10.3. The molecule has 0 unspecified atom stereocenters. The minimum absolute atomic E-state index is 0.339. The molecule has 29 heavy (non-hydrogen) atoms. The molecule has 0 heterocycles. The molecule has 2 aliphatic carbocycles. The van der Waals surface area contributed by atoms with Crippen LogP contribution in [-0.2, 0) is 4.74 Å². The zero-order valence-electron chi connectivity index (χ0n) is 18.3. The van der Waals surface area contributed by atoms with Gasteiger partial charge in [-0.05, 0) is 99.8 Å². The van der Waals surface area contributed by atoms with Gasteiger partial charge in [-0.2, -0.15) is 0 Å². The van der Waals surface area contributed by atoms with Gasteiger partial charge in [-0.25, -0.2) is 0 Å². The number of hydrogen-bond donors (Lipinski definition) is 0. The number of methoxy groups -OCH3 is 1. The largest absolute Gasteiger partial charge is 0.490 e. The molecule has 0 saturated heterocycles. The lowest BCUT2D eigenvalue weighted by Gasteiger charge is -2.32. The molecule has 2 saturated carbocycles. The first-order valence-corrected chi connectivity index (χ1v) is 11.5. The smallest absolute Gasteiger partial charge is 0.123 e. The molecule has 2 nitrogen and oxygen atoms in total. The van der Waals surface area contributed by atoms with E-state index in [1.54, 1.807) is 0 Å². The van der Waals surface area contributed by atoms with Crippen LogP contribution in [0.25, 0.3) is 0 Å². The third-order valence-electron chi connectivity index (χ3n) is 7.10. The van der Waals surface area contributed by atoms with Crippen LogP contribution in [0, 0.1) is 13.8 Å². The van der Waals surface area contributed by atoms with E-state index in [1.807, 2.05) is 7.11 Å². The Bertz CT molecular complexity index is 796. The van der Waals surface area contributed by atoms with E-state index in [-0.39, 0.29) is 0 Å². The summed E-state index contributed by atoms with van der Waals surface area (Å²) in [4.78, 5) is 0. The molecule has 0 N–H and O–H groups in total. The average Bonchev–Trinajstić information content (AvgIpc) is 2.75. The van der Waals surface area contributed by atoms with E-state index in [0.29, 0.717) is 24.0 Å². The number of aryl methyl sites for hydroxylation is 2. The highest BCUT2D eigenvalue weighted by Crippen LogP contribution is 2.44. The predicted molar refractivity (Wildman–Crippen MR) is 120 cm³/mol. The van der Waals surface area contributed by atoms with Gasteiger partial charge >= 0.3 is 0 Å². The minimum atomic E-state index is 0.339. The van der Waals surface area contributed by atoms with E-state index in [0.717, 1.165) is 31.4 Å². The second-order valence-corrected chi connectivity index (χ2v) is 9.26. The Morgan fingerprint density at radius 3 is 2.03 bits per heavy atom. The Balaban J connectivity index is 1.42. The normalized spacial score (nSPS) is 27.6. The van der Waals surface area contributed by atoms with Crippen LogP contribution >= 0.6 is 0 Å². The van der Waals surface area contributed by atoms with Gasteiger partial charge in [0, 0.05) is 7.11 Å². The van der Waals surface area contributed by atoms with E-state index < -0.39 is 0 Å². The van der Waals surface area contributed by atoms with Crippen LogP contribution < -0.4 is 4.74 Å². The van der Waals surface area contributed by atoms with Crippen molar-refractivity contribution in [3.63, 3.8) is 0 Å². The molecule has 0 amide bonds. The molecule has 156 valence electrons. The number of ether oxygens (including phenoxy) is 2. The summed E-state index contributed by atoms with van der Waals surface area (Å²) >= 11 is 0. The number of benzene rings is 2. The molecule has 2 heteroatoms. The lowest BCUT2D eigenvalue weighted by molar-refractivity contribution is 0.0323. The van der Waals surface area contributed by atoms with Gasteiger partial charge in [-0.3, -0.25) is 0 Å².